The molecule has 2 aromatic rings. The summed E-state index contributed by atoms with van der Waals surface area (Å²) in [4.78, 5) is 4.39. The molecule has 0 bridgehead atoms. The Bertz CT molecular complexity index is 593. The molecule has 1 heterocycles. The summed E-state index contributed by atoms with van der Waals surface area (Å²) in [7, 11) is 0. The molecule has 1 aliphatic rings. The van der Waals surface area contributed by atoms with Crippen LogP contribution >= 0.6 is 15.9 Å². The first-order valence-electron chi connectivity index (χ1n) is 7.44. The van der Waals surface area contributed by atoms with E-state index < -0.39 is 0 Å². The van der Waals surface area contributed by atoms with Crippen molar-refractivity contribution in [3.63, 3.8) is 0 Å². The van der Waals surface area contributed by atoms with E-state index in [4.69, 9.17) is 4.52 Å². The molecule has 1 aliphatic carbocycles. The Balaban J connectivity index is 1.60. The summed E-state index contributed by atoms with van der Waals surface area (Å²) >= 11 is 3.45. The molecular formula is C16H19BrN2O2. The molecule has 1 fully saturated rings. The van der Waals surface area contributed by atoms with Crippen molar-refractivity contribution in [2.45, 2.75) is 44.6 Å². The van der Waals surface area contributed by atoms with Gasteiger partial charge in [-0.05, 0) is 36.5 Å². The molecule has 1 N–H and O–H groups in total. The molecule has 0 amide bonds. The van der Waals surface area contributed by atoms with Gasteiger partial charge in [-0.25, -0.2) is 0 Å². The van der Waals surface area contributed by atoms with Gasteiger partial charge in [-0.1, -0.05) is 46.1 Å². The molecule has 1 unspecified atom stereocenters. The summed E-state index contributed by atoms with van der Waals surface area (Å²) < 4.78 is 6.31. The maximum atomic E-state index is 10.2. The van der Waals surface area contributed by atoms with Gasteiger partial charge in [0.2, 0.25) is 5.89 Å². The second-order valence-corrected chi connectivity index (χ2v) is 6.64. The van der Waals surface area contributed by atoms with Gasteiger partial charge in [-0.2, -0.15) is 4.98 Å². The first-order valence-corrected chi connectivity index (χ1v) is 8.24. The zero-order valence-electron chi connectivity index (χ0n) is 11.8. The number of benzene rings is 1. The SMILES string of the molecule is OC(Cc1nc(Cc2cccc(Br)c2)no1)C1CCCC1. The predicted octanol–water partition coefficient (Wildman–Crippen LogP) is 3.52. The molecule has 3 rings (SSSR count). The largest absolute Gasteiger partial charge is 0.392 e. The predicted molar refractivity (Wildman–Crippen MR) is 82.9 cm³/mol. The van der Waals surface area contributed by atoms with Crippen molar-refractivity contribution in [3.05, 3.63) is 46.0 Å². The van der Waals surface area contributed by atoms with E-state index in [9.17, 15) is 5.11 Å². The Morgan fingerprint density at radius 3 is 2.90 bits per heavy atom. The molecule has 1 aromatic heterocycles. The number of aromatic nitrogens is 2. The lowest BCUT2D eigenvalue weighted by molar-refractivity contribution is 0.102. The van der Waals surface area contributed by atoms with Crippen LogP contribution in [0.5, 0.6) is 0 Å². The molecule has 0 spiro atoms. The highest BCUT2D eigenvalue weighted by atomic mass is 79.9. The Kier molecular flexibility index (Phi) is 4.70. The highest BCUT2D eigenvalue weighted by Crippen LogP contribution is 2.29. The van der Waals surface area contributed by atoms with Gasteiger partial charge in [0.25, 0.3) is 0 Å². The van der Waals surface area contributed by atoms with Crippen molar-refractivity contribution < 1.29 is 9.63 Å². The van der Waals surface area contributed by atoms with Crippen LogP contribution < -0.4 is 0 Å². The average Bonchev–Trinajstić information content (AvgIpc) is 3.10. The zero-order valence-corrected chi connectivity index (χ0v) is 13.4. The molecule has 0 radical (unpaired) electrons. The van der Waals surface area contributed by atoms with Crippen LogP contribution in [0.4, 0.5) is 0 Å². The molecule has 112 valence electrons. The lowest BCUT2D eigenvalue weighted by Gasteiger charge is -2.14. The van der Waals surface area contributed by atoms with Gasteiger partial charge in [0.05, 0.1) is 12.5 Å². The number of hydrogen-bond acceptors (Lipinski definition) is 4. The number of aliphatic hydroxyl groups is 1. The van der Waals surface area contributed by atoms with E-state index in [-0.39, 0.29) is 6.10 Å². The summed E-state index contributed by atoms with van der Waals surface area (Å²) in [6.45, 7) is 0. The lowest BCUT2D eigenvalue weighted by Crippen LogP contribution is -2.20. The van der Waals surface area contributed by atoms with E-state index in [1.165, 1.54) is 12.8 Å². The minimum atomic E-state index is -0.355. The van der Waals surface area contributed by atoms with Crippen LogP contribution in [0.25, 0.3) is 0 Å². The van der Waals surface area contributed by atoms with Crippen molar-refractivity contribution in [1.82, 2.24) is 10.1 Å². The van der Waals surface area contributed by atoms with Gasteiger partial charge in [0.1, 0.15) is 0 Å². The lowest BCUT2D eigenvalue weighted by atomic mass is 9.98. The van der Waals surface area contributed by atoms with E-state index in [1.807, 2.05) is 24.3 Å². The van der Waals surface area contributed by atoms with Crippen LogP contribution in [0.15, 0.2) is 33.3 Å². The van der Waals surface area contributed by atoms with Crippen LogP contribution in [0, 0.1) is 5.92 Å². The van der Waals surface area contributed by atoms with Gasteiger partial charge in [-0.15, -0.1) is 0 Å². The fourth-order valence-corrected chi connectivity index (χ4v) is 3.41. The Morgan fingerprint density at radius 1 is 1.33 bits per heavy atom. The van der Waals surface area contributed by atoms with E-state index >= 15 is 0 Å². The molecule has 0 saturated heterocycles. The van der Waals surface area contributed by atoms with Crippen LogP contribution in [-0.2, 0) is 12.8 Å². The third kappa shape index (κ3) is 3.92. The maximum absolute atomic E-state index is 10.2. The summed E-state index contributed by atoms with van der Waals surface area (Å²) in [5.74, 6) is 1.60. The van der Waals surface area contributed by atoms with Crippen LogP contribution in [0.1, 0.15) is 43.0 Å². The summed E-state index contributed by atoms with van der Waals surface area (Å²) in [5.41, 5.74) is 1.13. The van der Waals surface area contributed by atoms with Gasteiger partial charge in [-0.3, -0.25) is 0 Å². The molecule has 0 aliphatic heterocycles. The highest BCUT2D eigenvalue weighted by Gasteiger charge is 2.25. The van der Waals surface area contributed by atoms with Gasteiger partial charge < -0.3 is 9.63 Å². The number of rotatable bonds is 5. The minimum Gasteiger partial charge on any atom is -0.392 e. The topological polar surface area (TPSA) is 59.2 Å². The summed E-state index contributed by atoms with van der Waals surface area (Å²) in [6.07, 6.45) is 5.42. The smallest absolute Gasteiger partial charge is 0.229 e. The number of nitrogens with zero attached hydrogens (tertiary/aromatic N) is 2. The van der Waals surface area contributed by atoms with Crippen molar-refractivity contribution in [3.8, 4) is 0 Å². The molecule has 5 heteroatoms. The van der Waals surface area contributed by atoms with Crippen molar-refractivity contribution in [2.24, 2.45) is 5.92 Å². The Morgan fingerprint density at radius 2 is 2.14 bits per heavy atom. The fraction of sp³-hybridized carbons (Fsp3) is 0.500. The molecule has 1 aromatic carbocycles. The van der Waals surface area contributed by atoms with Crippen molar-refractivity contribution in [2.75, 3.05) is 0 Å². The van der Waals surface area contributed by atoms with E-state index in [0.717, 1.165) is 22.9 Å². The Labute approximate surface area is 132 Å². The van der Waals surface area contributed by atoms with Crippen LogP contribution in [-0.4, -0.2) is 21.4 Å². The average molecular weight is 351 g/mol. The number of halogens is 1. The third-order valence-electron chi connectivity index (χ3n) is 4.09. The van der Waals surface area contributed by atoms with Crippen LogP contribution in [0.2, 0.25) is 0 Å². The van der Waals surface area contributed by atoms with Crippen molar-refractivity contribution >= 4 is 15.9 Å². The zero-order chi connectivity index (χ0) is 14.7. The monoisotopic (exact) mass is 350 g/mol. The quantitative estimate of drug-likeness (QED) is 0.896. The second kappa shape index (κ2) is 6.71. The summed E-state index contributed by atoms with van der Waals surface area (Å²) in [6, 6.07) is 8.06. The normalized spacial score (nSPS) is 17.2. The van der Waals surface area contributed by atoms with E-state index in [0.29, 0.717) is 30.5 Å². The molecular weight excluding hydrogens is 332 g/mol. The molecule has 4 nitrogen and oxygen atoms in total. The minimum absolute atomic E-state index is 0.355. The van der Waals surface area contributed by atoms with Crippen molar-refractivity contribution in [1.29, 1.82) is 0 Å². The number of aliphatic hydroxyl groups excluding tert-OH is 1. The standard InChI is InChI=1S/C16H19BrN2O2/c17-13-7-3-4-11(8-13)9-15-18-16(21-19-15)10-14(20)12-5-1-2-6-12/h3-4,7-8,12,14,20H,1-2,5-6,9-10H2. The molecule has 21 heavy (non-hydrogen) atoms. The highest BCUT2D eigenvalue weighted by molar-refractivity contribution is 9.10. The second-order valence-electron chi connectivity index (χ2n) is 5.73. The molecule has 1 saturated carbocycles. The first kappa shape index (κ1) is 14.7. The third-order valence-corrected chi connectivity index (χ3v) is 4.58. The Hall–Kier alpha value is -1.20. The van der Waals surface area contributed by atoms with Gasteiger partial charge in [0.15, 0.2) is 5.82 Å². The number of hydrogen-bond donors (Lipinski definition) is 1. The van der Waals surface area contributed by atoms with E-state index in [2.05, 4.69) is 26.1 Å². The van der Waals surface area contributed by atoms with Crippen LogP contribution in [0.3, 0.4) is 0 Å². The summed E-state index contributed by atoms with van der Waals surface area (Å²) in [5, 5.41) is 14.2. The first-order chi connectivity index (χ1) is 10.2. The maximum Gasteiger partial charge on any atom is 0.229 e. The van der Waals surface area contributed by atoms with Gasteiger partial charge >= 0.3 is 0 Å². The van der Waals surface area contributed by atoms with E-state index in [1.54, 1.807) is 0 Å². The van der Waals surface area contributed by atoms with Gasteiger partial charge in [0, 0.05) is 10.9 Å². The molecule has 1 atom stereocenters. The fourth-order valence-electron chi connectivity index (χ4n) is 2.96.